The molecule has 0 bridgehead atoms. The fourth-order valence-electron chi connectivity index (χ4n) is 3.67. The van der Waals surface area contributed by atoms with Crippen LogP contribution >= 0.6 is 11.3 Å². The monoisotopic (exact) mass is 500 g/mol. The van der Waals surface area contributed by atoms with Gasteiger partial charge in [0.1, 0.15) is 5.82 Å². The summed E-state index contributed by atoms with van der Waals surface area (Å²) in [7, 11) is -3.13. The second kappa shape index (κ2) is 10.4. The smallest absolute Gasteiger partial charge is 0.398 e. The molecule has 0 saturated carbocycles. The maximum absolute atomic E-state index is 12.0. The molecule has 1 aromatic carbocycles. The van der Waals surface area contributed by atoms with Crippen molar-refractivity contribution in [3.63, 3.8) is 0 Å². The SMILES string of the molecule is CC(C)Cc1cc(-c2ccc(Cn3ccnc3C(C)(C)C)cc2C#N)c(OC(=O)N[SH](=O)=O)s1. The van der Waals surface area contributed by atoms with Gasteiger partial charge in [0.15, 0.2) is 5.06 Å². The molecule has 0 aliphatic carbocycles. The van der Waals surface area contributed by atoms with Crippen molar-refractivity contribution in [1.29, 1.82) is 5.26 Å². The minimum absolute atomic E-state index is 0.119. The normalized spacial score (nSPS) is 11.6. The summed E-state index contributed by atoms with van der Waals surface area (Å²) >= 11 is 1.27. The Morgan fingerprint density at radius 2 is 2.00 bits per heavy atom. The van der Waals surface area contributed by atoms with Crippen molar-refractivity contribution < 1.29 is 17.9 Å². The quantitative estimate of drug-likeness (QED) is 0.457. The number of hydrogen-bond acceptors (Lipinski definition) is 7. The van der Waals surface area contributed by atoms with E-state index in [0.717, 1.165) is 22.7 Å². The number of carbonyl (C=O) groups is 1. The first kappa shape index (κ1) is 25.5. The Kier molecular flexibility index (Phi) is 7.79. The number of nitrogens with zero attached hydrogens (tertiary/aromatic N) is 3. The molecule has 2 heterocycles. The van der Waals surface area contributed by atoms with Crippen LogP contribution in [0.1, 0.15) is 56.4 Å². The lowest BCUT2D eigenvalue weighted by Crippen LogP contribution is -2.24. The van der Waals surface area contributed by atoms with Gasteiger partial charge in [-0.25, -0.2) is 22.9 Å². The third-order valence-corrected chi connectivity index (χ3v) is 6.36. The molecule has 3 aromatic rings. The molecule has 180 valence electrons. The van der Waals surface area contributed by atoms with Crippen LogP contribution in [-0.4, -0.2) is 24.1 Å². The fraction of sp³-hybridized carbons (Fsp3) is 0.375. The summed E-state index contributed by atoms with van der Waals surface area (Å²) < 4.78 is 30.8. The van der Waals surface area contributed by atoms with E-state index in [-0.39, 0.29) is 10.5 Å². The third kappa shape index (κ3) is 6.24. The summed E-state index contributed by atoms with van der Waals surface area (Å²) in [5, 5.41) is 10.1. The molecule has 0 aliphatic rings. The van der Waals surface area contributed by atoms with Gasteiger partial charge in [-0.2, -0.15) is 5.26 Å². The number of thiol groups is 1. The maximum atomic E-state index is 12.0. The van der Waals surface area contributed by atoms with Crippen molar-refractivity contribution >= 4 is 28.3 Å². The molecule has 1 amide bonds. The standard InChI is InChI=1S/C24H28N4O4S2/c1-15(2)10-18-12-20(21(33-18)32-23(29)27-34(30)31)19-7-6-16(11-17(19)13-25)14-28-9-8-26-22(28)24(3,4)5/h6-9,11-12,15,34H,10,14H2,1-5H3,(H,27,29,30,31). The van der Waals surface area contributed by atoms with Gasteiger partial charge in [0.2, 0.25) is 10.9 Å². The summed E-state index contributed by atoms with van der Waals surface area (Å²) in [6.07, 6.45) is 3.37. The summed E-state index contributed by atoms with van der Waals surface area (Å²) in [6, 6.07) is 9.73. The molecule has 0 atom stereocenters. The second-order valence-corrected chi connectivity index (χ2v) is 11.2. The molecule has 34 heavy (non-hydrogen) atoms. The van der Waals surface area contributed by atoms with Gasteiger partial charge in [-0.15, -0.1) is 11.3 Å². The zero-order valence-corrected chi connectivity index (χ0v) is 21.5. The van der Waals surface area contributed by atoms with E-state index in [2.05, 4.69) is 50.2 Å². The number of nitrogens with one attached hydrogen (secondary N) is 1. The number of thiophene rings is 1. The van der Waals surface area contributed by atoms with E-state index in [1.807, 2.05) is 30.5 Å². The number of hydrogen-bond donors (Lipinski definition) is 2. The predicted molar refractivity (Wildman–Crippen MR) is 133 cm³/mol. The first-order valence-corrected chi connectivity index (χ1v) is 12.8. The second-order valence-electron chi connectivity index (χ2n) is 9.39. The van der Waals surface area contributed by atoms with Crippen LogP contribution in [0.4, 0.5) is 4.79 Å². The van der Waals surface area contributed by atoms with Crippen molar-refractivity contribution in [2.24, 2.45) is 5.92 Å². The van der Waals surface area contributed by atoms with Crippen molar-refractivity contribution in [2.45, 2.75) is 53.0 Å². The van der Waals surface area contributed by atoms with E-state index < -0.39 is 17.0 Å². The Labute approximate surface area is 205 Å². The van der Waals surface area contributed by atoms with Gasteiger partial charge < -0.3 is 9.30 Å². The van der Waals surface area contributed by atoms with Gasteiger partial charge in [0.05, 0.1) is 11.6 Å². The Morgan fingerprint density at radius 1 is 1.26 bits per heavy atom. The van der Waals surface area contributed by atoms with Gasteiger partial charge in [-0.05, 0) is 30.0 Å². The van der Waals surface area contributed by atoms with Crippen molar-refractivity contribution in [3.05, 3.63) is 58.5 Å². The molecule has 2 aromatic heterocycles. The molecule has 0 radical (unpaired) electrons. The highest BCUT2D eigenvalue weighted by Crippen LogP contribution is 2.41. The van der Waals surface area contributed by atoms with Crippen LogP contribution in [0.15, 0.2) is 36.7 Å². The molecular formula is C24H28N4O4S2. The number of aromatic nitrogens is 2. The van der Waals surface area contributed by atoms with Crippen LogP contribution in [0.25, 0.3) is 11.1 Å². The summed E-state index contributed by atoms with van der Waals surface area (Å²) in [6.45, 7) is 11.0. The van der Waals surface area contributed by atoms with E-state index in [4.69, 9.17) is 4.74 Å². The number of imidazole rings is 1. The van der Waals surface area contributed by atoms with Crippen LogP contribution in [0.5, 0.6) is 5.06 Å². The van der Waals surface area contributed by atoms with Gasteiger partial charge in [0.25, 0.3) is 0 Å². The van der Waals surface area contributed by atoms with Crippen LogP contribution in [-0.2, 0) is 29.3 Å². The molecule has 0 unspecified atom stereocenters. The van der Waals surface area contributed by atoms with Gasteiger partial charge in [0, 0.05) is 40.4 Å². The van der Waals surface area contributed by atoms with Gasteiger partial charge >= 0.3 is 6.09 Å². The van der Waals surface area contributed by atoms with Crippen molar-refractivity contribution in [1.82, 2.24) is 14.3 Å². The molecule has 0 aliphatic heterocycles. The van der Waals surface area contributed by atoms with Gasteiger partial charge in [-0.3, -0.25) is 0 Å². The fourth-order valence-corrected chi connectivity index (χ4v) is 5.09. The first-order chi connectivity index (χ1) is 16.0. The van der Waals surface area contributed by atoms with E-state index in [9.17, 15) is 18.5 Å². The van der Waals surface area contributed by atoms with Crippen molar-refractivity contribution in [3.8, 4) is 22.3 Å². The van der Waals surface area contributed by atoms with Crippen LogP contribution in [0, 0.1) is 17.2 Å². The molecule has 3 rings (SSSR count). The number of benzene rings is 1. The highest BCUT2D eigenvalue weighted by Gasteiger charge is 2.21. The summed E-state index contributed by atoms with van der Waals surface area (Å²) in [5.41, 5.74) is 2.45. The summed E-state index contributed by atoms with van der Waals surface area (Å²) in [4.78, 5) is 17.4. The Bertz CT molecular complexity index is 1300. The lowest BCUT2D eigenvalue weighted by molar-refractivity contribution is 0.208. The van der Waals surface area contributed by atoms with Crippen molar-refractivity contribution in [2.75, 3.05) is 0 Å². The highest BCUT2D eigenvalue weighted by molar-refractivity contribution is 7.70. The Morgan fingerprint density at radius 3 is 2.62 bits per heavy atom. The van der Waals surface area contributed by atoms with Crippen LogP contribution in [0.3, 0.4) is 0 Å². The Balaban J connectivity index is 1.99. The zero-order valence-electron chi connectivity index (χ0n) is 19.8. The largest absolute Gasteiger partial charge is 0.426 e. The Hall–Kier alpha value is -3.16. The molecule has 0 spiro atoms. The minimum atomic E-state index is -3.13. The lowest BCUT2D eigenvalue weighted by atomic mass is 9.95. The average molecular weight is 501 g/mol. The van der Waals surface area contributed by atoms with Gasteiger partial charge in [-0.1, -0.05) is 46.8 Å². The molecular weight excluding hydrogens is 472 g/mol. The molecule has 0 fully saturated rings. The van der Waals surface area contributed by atoms with E-state index in [1.54, 1.807) is 10.9 Å². The van der Waals surface area contributed by atoms with Crippen LogP contribution in [0.2, 0.25) is 0 Å². The highest BCUT2D eigenvalue weighted by atomic mass is 32.2. The molecule has 0 saturated heterocycles. The third-order valence-electron chi connectivity index (χ3n) is 4.96. The van der Waals surface area contributed by atoms with E-state index in [1.165, 1.54) is 11.3 Å². The number of nitriles is 1. The zero-order chi connectivity index (χ0) is 25.0. The minimum Gasteiger partial charge on any atom is -0.398 e. The predicted octanol–water partition coefficient (Wildman–Crippen LogP) is 4.64. The maximum Gasteiger partial charge on any atom is 0.426 e. The average Bonchev–Trinajstić information content (AvgIpc) is 3.33. The lowest BCUT2D eigenvalue weighted by Gasteiger charge is -2.20. The summed E-state index contributed by atoms with van der Waals surface area (Å²) in [5.74, 6) is 1.32. The number of amides is 1. The molecule has 8 nitrogen and oxygen atoms in total. The van der Waals surface area contributed by atoms with Crippen LogP contribution < -0.4 is 9.46 Å². The van der Waals surface area contributed by atoms with E-state index >= 15 is 0 Å². The number of carbonyl (C=O) groups excluding carboxylic acids is 1. The first-order valence-electron chi connectivity index (χ1n) is 10.8. The molecule has 10 heteroatoms. The number of ether oxygens (including phenoxy) is 1. The topological polar surface area (TPSA) is 114 Å². The molecule has 1 N–H and O–H groups in total. The van der Waals surface area contributed by atoms with E-state index in [0.29, 0.717) is 29.2 Å². The number of rotatable bonds is 7.